The largest absolute Gasteiger partial charge is 0.445 e. The number of carbonyl (C=O) groups is 2. The second-order valence-electron chi connectivity index (χ2n) is 4.73. The fourth-order valence-electron chi connectivity index (χ4n) is 1.87. The number of nitrogens with one attached hydrogen (secondary N) is 2. The standard InChI is InChI=1S/C15H22N2O4/c1-11(9-20-3)13(14(18)16-2)17-15(19)21-10-12-7-5-4-6-8-12/h4-8,11,13H,9-10H2,1-3H3,(H,16,18)(H,17,19)/t11-,13-/m0/s1. The third kappa shape index (κ3) is 5.83. The molecule has 0 aliphatic rings. The first kappa shape index (κ1) is 17.0. The molecule has 0 bridgehead atoms. The van der Waals surface area contributed by atoms with Crippen molar-refractivity contribution in [1.29, 1.82) is 0 Å². The zero-order valence-electron chi connectivity index (χ0n) is 12.6. The molecular weight excluding hydrogens is 272 g/mol. The molecule has 2 atom stereocenters. The summed E-state index contributed by atoms with van der Waals surface area (Å²) in [7, 11) is 3.07. The van der Waals surface area contributed by atoms with Gasteiger partial charge in [-0.15, -0.1) is 0 Å². The van der Waals surface area contributed by atoms with Gasteiger partial charge >= 0.3 is 6.09 Å². The summed E-state index contributed by atoms with van der Waals surface area (Å²) >= 11 is 0. The predicted molar refractivity (Wildman–Crippen MR) is 78.7 cm³/mol. The molecule has 0 saturated heterocycles. The van der Waals surface area contributed by atoms with Gasteiger partial charge in [0.1, 0.15) is 12.6 Å². The molecule has 0 aromatic heterocycles. The summed E-state index contributed by atoms with van der Waals surface area (Å²) in [5.74, 6) is -0.449. The van der Waals surface area contributed by atoms with Crippen LogP contribution in [0.3, 0.4) is 0 Å². The number of likely N-dealkylation sites (N-methyl/N-ethyl adjacent to an activating group) is 1. The summed E-state index contributed by atoms with van der Waals surface area (Å²) in [4.78, 5) is 23.6. The van der Waals surface area contributed by atoms with Gasteiger partial charge in [-0.2, -0.15) is 0 Å². The monoisotopic (exact) mass is 294 g/mol. The van der Waals surface area contributed by atoms with E-state index in [-0.39, 0.29) is 18.4 Å². The summed E-state index contributed by atoms with van der Waals surface area (Å²) in [6.45, 7) is 2.34. The highest BCUT2D eigenvalue weighted by molar-refractivity contribution is 5.85. The molecule has 1 aromatic carbocycles. The van der Waals surface area contributed by atoms with Gasteiger partial charge in [-0.25, -0.2) is 4.79 Å². The van der Waals surface area contributed by atoms with Crippen molar-refractivity contribution >= 4 is 12.0 Å². The SMILES string of the molecule is CNC(=O)[C@@H](NC(=O)OCc1ccccc1)[C@@H](C)COC. The normalized spacial score (nSPS) is 13.1. The number of carbonyl (C=O) groups excluding carboxylic acids is 2. The average Bonchev–Trinajstić information content (AvgIpc) is 2.51. The van der Waals surface area contributed by atoms with Crippen LogP contribution in [0.25, 0.3) is 0 Å². The van der Waals surface area contributed by atoms with Gasteiger partial charge < -0.3 is 20.1 Å². The lowest BCUT2D eigenvalue weighted by atomic mass is 10.0. The van der Waals surface area contributed by atoms with E-state index >= 15 is 0 Å². The number of amides is 2. The van der Waals surface area contributed by atoms with Crippen molar-refractivity contribution in [3.05, 3.63) is 35.9 Å². The molecule has 0 saturated carbocycles. The van der Waals surface area contributed by atoms with E-state index < -0.39 is 12.1 Å². The molecule has 2 amide bonds. The fraction of sp³-hybridized carbons (Fsp3) is 0.467. The molecule has 1 aromatic rings. The van der Waals surface area contributed by atoms with E-state index in [4.69, 9.17) is 9.47 Å². The van der Waals surface area contributed by atoms with Gasteiger partial charge in [-0.3, -0.25) is 4.79 Å². The average molecular weight is 294 g/mol. The summed E-state index contributed by atoms with van der Waals surface area (Å²) < 4.78 is 10.1. The van der Waals surface area contributed by atoms with Crippen molar-refractivity contribution in [2.45, 2.75) is 19.6 Å². The van der Waals surface area contributed by atoms with Crippen LogP contribution >= 0.6 is 0 Å². The maximum Gasteiger partial charge on any atom is 0.408 e. The van der Waals surface area contributed by atoms with Gasteiger partial charge in [0.15, 0.2) is 0 Å². The second kappa shape index (κ2) is 8.97. The molecule has 0 radical (unpaired) electrons. The molecule has 0 aliphatic heterocycles. The van der Waals surface area contributed by atoms with Crippen LogP contribution in [0, 0.1) is 5.92 Å². The van der Waals surface area contributed by atoms with Crippen LogP contribution in [0.4, 0.5) is 4.79 Å². The third-order valence-electron chi connectivity index (χ3n) is 3.01. The molecular formula is C15H22N2O4. The zero-order chi connectivity index (χ0) is 15.7. The molecule has 6 heteroatoms. The second-order valence-corrected chi connectivity index (χ2v) is 4.73. The quantitative estimate of drug-likeness (QED) is 0.795. The Hall–Kier alpha value is -2.08. The van der Waals surface area contributed by atoms with Crippen molar-refractivity contribution in [1.82, 2.24) is 10.6 Å². The van der Waals surface area contributed by atoms with E-state index in [9.17, 15) is 9.59 Å². The van der Waals surface area contributed by atoms with Crippen LogP contribution in [0.15, 0.2) is 30.3 Å². The van der Waals surface area contributed by atoms with Crippen molar-refractivity contribution in [3.8, 4) is 0 Å². The summed E-state index contributed by atoms with van der Waals surface area (Å²) in [6, 6.07) is 8.64. The highest BCUT2D eigenvalue weighted by Crippen LogP contribution is 2.06. The molecule has 0 unspecified atom stereocenters. The van der Waals surface area contributed by atoms with Crippen molar-refractivity contribution in [2.24, 2.45) is 5.92 Å². The maximum absolute atomic E-state index is 11.8. The number of ether oxygens (including phenoxy) is 2. The van der Waals surface area contributed by atoms with Gasteiger partial charge in [0.05, 0.1) is 6.61 Å². The van der Waals surface area contributed by atoms with Gasteiger partial charge in [0.25, 0.3) is 0 Å². The lowest BCUT2D eigenvalue weighted by molar-refractivity contribution is -0.124. The van der Waals surface area contributed by atoms with Crippen LogP contribution in [0.5, 0.6) is 0 Å². The Kier molecular flexibility index (Phi) is 7.25. The molecule has 0 heterocycles. The van der Waals surface area contributed by atoms with E-state index in [0.29, 0.717) is 6.61 Å². The highest BCUT2D eigenvalue weighted by Gasteiger charge is 2.26. The van der Waals surface area contributed by atoms with Crippen LogP contribution in [-0.2, 0) is 20.9 Å². The number of alkyl carbamates (subject to hydrolysis) is 1. The number of hydrogen-bond donors (Lipinski definition) is 2. The predicted octanol–water partition coefficient (Wildman–Crippen LogP) is 1.31. The minimum Gasteiger partial charge on any atom is -0.445 e. The van der Waals surface area contributed by atoms with E-state index in [1.54, 1.807) is 7.11 Å². The number of benzene rings is 1. The molecule has 0 fully saturated rings. The first-order chi connectivity index (χ1) is 10.1. The van der Waals surface area contributed by atoms with Crippen LogP contribution in [0.2, 0.25) is 0 Å². The van der Waals surface area contributed by atoms with Crippen molar-refractivity contribution in [3.63, 3.8) is 0 Å². The Balaban J connectivity index is 2.53. The number of rotatable bonds is 7. The zero-order valence-corrected chi connectivity index (χ0v) is 12.6. The molecule has 6 nitrogen and oxygen atoms in total. The number of methoxy groups -OCH3 is 1. The van der Waals surface area contributed by atoms with E-state index in [2.05, 4.69) is 10.6 Å². The molecule has 2 N–H and O–H groups in total. The molecule has 0 aliphatic carbocycles. The van der Waals surface area contributed by atoms with Crippen LogP contribution < -0.4 is 10.6 Å². The van der Waals surface area contributed by atoms with E-state index in [1.807, 2.05) is 37.3 Å². The van der Waals surface area contributed by atoms with Gasteiger partial charge in [-0.05, 0) is 5.56 Å². The molecule has 0 spiro atoms. The maximum atomic E-state index is 11.8. The van der Waals surface area contributed by atoms with E-state index in [1.165, 1.54) is 7.05 Å². The minimum atomic E-state index is -0.696. The number of hydrogen-bond acceptors (Lipinski definition) is 4. The molecule has 116 valence electrons. The van der Waals surface area contributed by atoms with Gasteiger partial charge in [0, 0.05) is 20.1 Å². The van der Waals surface area contributed by atoms with Gasteiger partial charge in [-0.1, -0.05) is 37.3 Å². The smallest absolute Gasteiger partial charge is 0.408 e. The van der Waals surface area contributed by atoms with Crippen molar-refractivity contribution < 1.29 is 19.1 Å². The summed E-state index contributed by atoms with van der Waals surface area (Å²) in [5, 5.41) is 5.09. The van der Waals surface area contributed by atoms with Crippen molar-refractivity contribution in [2.75, 3.05) is 20.8 Å². The fourth-order valence-corrected chi connectivity index (χ4v) is 1.87. The Morgan fingerprint density at radius 2 is 1.90 bits per heavy atom. The van der Waals surface area contributed by atoms with Crippen LogP contribution in [-0.4, -0.2) is 38.8 Å². The van der Waals surface area contributed by atoms with E-state index in [0.717, 1.165) is 5.56 Å². The third-order valence-corrected chi connectivity index (χ3v) is 3.01. The summed E-state index contributed by atoms with van der Waals surface area (Å²) in [6.07, 6.45) is -0.629. The first-order valence-electron chi connectivity index (χ1n) is 6.76. The Morgan fingerprint density at radius 3 is 2.48 bits per heavy atom. The molecule has 1 rings (SSSR count). The van der Waals surface area contributed by atoms with Crippen LogP contribution in [0.1, 0.15) is 12.5 Å². The first-order valence-corrected chi connectivity index (χ1v) is 6.76. The molecule has 21 heavy (non-hydrogen) atoms. The Bertz CT molecular complexity index is 450. The summed E-state index contributed by atoms with van der Waals surface area (Å²) in [5.41, 5.74) is 0.883. The minimum absolute atomic E-state index is 0.159. The lowest BCUT2D eigenvalue weighted by Gasteiger charge is -2.22. The lowest BCUT2D eigenvalue weighted by Crippen LogP contribution is -2.50. The Labute approximate surface area is 124 Å². The highest BCUT2D eigenvalue weighted by atomic mass is 16.5. The van der Waals surface area contributed by atoms with Gasteiger partial charge in [0.2, 0.25) is 5.91 Å². The topological polar surface area (TPSA) is 76.7 Å². The Morgan fingerprint density at radius 1 is 1.24 bits per heavy atom.